The molecule has 1 saturated heterocycles. The first-order valence-corrected chi connectivity index (χ1v) is 9.60. The molecule has 2 aromatic carbocycles. The lowest BCUT2D eigenvalue weighted by atomic mass is 10.0. The third-order valence-electron chi connectivity index (χ3n) is 5.46. The van der Waals surface area contributed by atoms with E-state index in [1.54, 1.807) is 0 Å². The minimum atomic E-state index is 0.303. The van der Waals surface area contributed by atoms with Crippen LogP contribution in [0.15, 0.2) is 47.0 Å². The van der Waals surface area contributed by atoms with E-state index >= 15 is 0 Å². The van der Waals surface area contributed by atoms with Crippen molar-refractivity contribution in [1.29, 1.82) is 0 Å². The molecular formula is C21H22N4O2. The Morgan fingerprint density at radius 3 is 2.63 bits per heavy atom. The van der Waals surface area contributed by atoms with Crippen molar-refractivity contribution >= 4 is 16.7 Å². The fourth-order valence-electron chi connectivity index (χ4n) is 3.75. The molecule has 6 nitrogen and oxygen atoms in total. The number of hydrogen-bond donors (Lipinski definition) is 0. The highest BCUT2D eigenvalue weighted by Gasteiger charge is 2.34. The van der Waals surface area contributed by atoms with Gasteiger partial charge in [-0.2, -0.15) is 4.98 Å². The molecule has 0 spiro atoms. The molecule has 0 unspecified atom stereocenters. The van der Waals surface area contributed by atoms with Crippen molar-refractivity contribution in [2.24, 2.45) is 5.92 Å². The highest BCUT2D eigenvalue weighted by atomic mass is 16.5. The average Bonchev–Trinajstić information content (AvgIpc) is 3.47. The van der Waals surface area contributed by atoms with Gasteiger partial charge in [0, 0.05) is 37.7 Å². The summed E-state index contributed by atoms with van der Waals surface area (Å²) in [5, 5.41) is 6.45. The average molecular weight is 362 g/mol. The SMILES string of the molecule is O=C(C1CC1)N1CCN(Cc2noc(-c3cccc4ccccc34)n2)CC1. The maximum absolute atomic E-state index is 12.2. The highest BCUT2D eigenvalue weighted by Crippen LogP contribution is 2.31. The Kier molecular flexibility index (Phi) is 4.13. The van der Waals surface area contributed by atoms with Crippen LogP contribution in [-0.4, -0.2) is 52.0 Å². The molecular weight excluding hydrogens is 340 g/mol. The van der Waals surface area contributed by atoms with Gasteiger partial charge in [-0.3, -0.25) is 9.69 Å². The summed E-state index contributed by atoms with van der Waals surface area (Å²) in [5.41, 5.74) is 0.965. The van der Waals surface area contributed by atoms with Crippen LogP contribution in [0.4, 0.5) is 0 Å². The Labute approximate surface area is 157 Å². The van der Waals surface area contributed by atoms with Crippen LogP contribution in [0.1, 0.15) is 18.7 Å². The molecule has 3 aromatic rings. The summed E-state index contributed by atoms with van der Waals surface area (Å²) in [6.45, 7) is 3.96. The van der Waals surface area contributed by atoms with E-state index in [0.717, 1.165) is 55.4 Å². The van der Waals surface area contributed by atoms with Crippen LogP contribution in [0.5, 0.6) is 0 Å². The summed E-state index contributed by atoms with van der Waals surface area (Å²) >= 11 is 0. The molecule has 138 valence electrons. The highest BCUT2D eigenvalue weighted by molar-refractivity contribution is 5.94. The Hall–Kier alpha value is -2.73. The van der Waals surface area contributed by atoms with E-state index in [1.807, 2.05) is 29.2 Å². The Morgan fingerprint density at radius 2 is 1.81 bits per heavy atom. The topological polar surface area (TPSA) is 62.5 Å². The molecule has 0 bridgehead atoms. The van der Waals surface area contributed by atoms with Gasteiger partial charge >= 0.3 is 0 Å². The van der Waals surface area contributed by atoms with Crippen molar-refractivity contribution in [3.05, 3.63) is 48.3 Å². The van der Waals surface area contributed by atoms with Gasteiger partial charge in [0.1, 0.15) is 0 Å². The number of rotatable bonds is 4. The van der Waals surface area contributed by atoms with Crippen LogP contribution in [-0.2, 0) is 11.3 Å². The number of fused-ring (bicyclic) bond motifs is 1. The number of hydrogen-bond acceptors (Lipinski definition) is 5. The lowest BCUT2D eigenvalue weighted by Crippen LogP contribution is -2.48. The lowest BCUT2D eigenvalue weighted by molar-refractivity contribution is -0.134. The third kappa shape index (κ3) is 3.32. The zero-order valence-electron chi connectivity index (χ0n) is 15.2. The molecule has 1 aliphatic heterocycles. The smallest absolute Gasteiger partial charge is 0.258 e. The molecule has 5 rings (SSSR count). The molecule has 0 atom stereocenters. The van der Waals surface area contributed by atoms with Crippen LogP contribution >= 0.6 is 0 Å². The second-order valence-electron chi connectivity index (χ2n) is 7.42. The number of amides is 1. The summed E-state index contributed by atoms with van der Waals surface area (Å²) in [6.07, 6.45) is 2.14. The number of nitrogens with zero attached hydrogens (tertiary/aromatic N) is 4. The number of carbonyl (C=O) groups excluding carboxylic acids is 1. The van der Waals surface area contributed by atoms with Crippen LogP contribution in [0.25, 0.3) is 22.2 Å². The van der Waals surface area contributed by atoms with E-state index in [9.17, 15) is 4.79 Å². The van der Waals surface area contributed by atoms with Gasteiger partial charge in [-0.25, -0.2) is 0 Å². The molecule has 1 saturated carbocycles. The predicted molar refractivity (Wildman–Crippen MR) is 102 cm³/mol. The minimum Gasteiger partial charge on any atom is -0.340 e. The summed E-state index contributed by atoms with van der Waals surface area (Å²) in [5.74, 6) is 1.90. The molecule has 2 heterocycles. The number of aromatic nitrogens is 2. The first kappa shape index (κ1) is 16.4. The zero-order chi connectivity index (χ0) is 18.2. The molecule has 1 amide bonds. The van der Waals surface area contributed by atoms with E-state index in [4.69, 9.17) is 4.52 Å². The van der Waals surface area contributed by atoms with Crippen molar-refractivity contribution in [3.63, 3.8) is 0 Å². The second kappa shape index (κ2) is 6.78. The van der Waals surface area contributed by atoms with Crippen LogP contribution in [0, 0.1) is 5.92 Å². The van der Waals surface area contributed by atoms with Crippen LogP contribution in [0.2, 0.25) is 0 Å². The molecule has 27 heavy (non-hydrogen) atoms. The van der Waals surface area contributed by atoms with Gasteiger partial charge in [0.15, 0.2) is 5.82 Å². The molecule has 2 fully saturated rings. The van der Waals surface area contributed by atoms with Gasteiger partial charge in [-0.05, 0) is 29.7 Å². The molecule has 2 aliphatic rings. The van der Waals surface area contributed by atoms with Crippen LogP contribution in [0.3, 0.4) is 0 Å². The van der Waals surface area contributed by atoms with Crippen molar-refractivity contribution in [3.8, 4) is 11.5 Å². The van der Waals surface area contributed by atoms with E-state index in [0.29, 0.717) is 30.1 Å². The molecule has 0 radical (unpaired) electrons. The monoisotopic (exact) mass is 362 g/mol. The van der Waals surface area contributed by atoms with Crippen molar-refractivity contribution in [1.82, 2.24) is 19.9 Å². The summed E-state index contributed by atoms with van der Waals surface area (Å²) in [4.78, 5) is 21.1. The normalized spacial score (nSPS) is 18.1. The number of carbonyl (C=O) groups is 1. The molecule has 0 N–H and O–H groups in total. The van der Waals surface area contributed by atoms with E-state index in [2.05, 4.69) is 33.2 Å². The minimum absolute atomic E-state index is 0.303. The maximum atomic E-state index is 12.2. The number of piperazine rings is 1. The standard InChI is InChI=1S/C21H22N4O2/c26-21(16-8-9-16)25-12-10-24(11-13-25)14-19-22-20(27-23-19)18-7-3-5-15-4-1-2-6-17(15)18/h1-7,16H,8-14H2. The van der Waals surface area contributed by atoms with E-state index in [-0.39, 0.29) is 0 Å². The molecule has 6 heteroatoms. The van der Waals surface area contributed by atoms with Gasteiger partial charge in [0.2, 0.25) is 5.91 Å². The predicted octanol–water partition coefficient (Wildman–Crippen LogP) is 2.94. The maximum Gasteiger partial charge on any atom is 0.258 e. The zero-order valence-corrected chi connectivity index (χ0v) is 15.2. The second-order valence-corrected chi connectivity index (χ2v) is 7.42. The lowest BCUT2D eigenvalue weighted by Gasteiger charge is -2.34. The van der Waals surface area contributed by atoms with Crippen molar-refractivity contribution in [2.75, 3.05) is 26.2 Å². The third-order valence-corrected chi connectivity index (χ3v) is 5.46. The Bertz CT molecular complexity index is 966. The van der Waals surface area contributed by atoms with Crippen LogP contribution < -0.4 is 0 Å². The fourth-order valence-corrected chi connectivity index (χ4v) is 3.75. The van der Waals surface area contributed by atoms with Gasteiger partial charge in [0.25, 0.3) is 5.89 Å². The van der Waals surface area contributed by atoms with Gasteiger partial charge < -0.3 is 9.42 Å². The van der Waals surface area contributed by atoms with Gasteiger partial charge in [-0.15, -0.1) is 0 Å². The quantitative estimate of drug-likeness (QED) is 0.714. The van der Waals surface area contributed by atoms with Crippen molar-refractivity contribution in [2.45, 2.75) is 19.4 Å². The Morgan fingerprint density at radius 1 is 1.04 bits per heavy atom. The van der Waals surface area contributed by atoms with Crippen molar-refractivity contribution < 1.29 is 9.32 Å². The summed E-state index contributed by atoms with van der Waals surface area (Å²) in [7, 11) is 0. The molecule has 1 aromatic heterocycles. The first-order chi connectivity index (χ1) is 13.3. The number of benzene rings is 2. The van der Waals surface area contributed by atoms with E-state index < -0.39 is 0 Å². The largest absolute Gasteiger partial charge is 0.340 e. The summed E-state index contributed by atoms with van der Waals surface area (Å²) in [6, 6.07) is 14.3. The Balaban J connectivity index is 1.27. The fraction of sp³-hybridized carbons (Fsp3) is 0.381. The van der Waals surface area contributed by atoms with Gasteiger partial charge in [0.05, 0.1) is 6.54 Å². The molecule has 1 aliphatic carbocycles. The van der Waals surface area contributed by atoms with Gasteiger partial charge in [-0.1, -0.05) is 41.6 Å². The summed E-state index contributed by atoms with van der Waals surface area (Å²) < 4.78 is 5.55. The first-order valence-electron chi connectivity index (χ1n) is 9.60. The van der Waals surface area contributed by atoms with E-state index in [1.165, 1.54) is 0 Å².